The van der Waals surface area contributed by atoms with Gasteiger partial charge in [-0.25, -0.2) is 0 Å². The van der Waals surface area contributed by atoms with Gasteiger partial charge in [0.15, 0.2) is 0 Å². The van der Waals surface area contributed by atoms with Crippen molar-refractivity contribution in [2.45, 2.75) is 19.9 Å². The molecular formula is C14H20N2O3. The van der Waals surface area contributed by atoms with Crippen molar-refractivity contribution < 1.29 is 14.3 Å². The van der Waals surface area contributed by atoms with Gasteiger partial charge in [-0.1, -0.05) is 18.2 Å². The standard InChI is InChI=1S/C14H20N2O3/c1-4-19-14(18)9-13(17)15-12-8-6-5-7-11(12)10-16(2)3/h5-8H,4,9-10H2,1-3H3,(H,15,17). The van der Waals surface area contributed by atoms with Crippen LogP contribution >= 0.6 is 0 Å². The Morgan fingerprint density at radius 1 is 1.26 bits per heavy atom. The summed E-state index contributed by atoms with van der Waals surface area (Å²) < 4.78 is 4.74. The summed E-state index contributed by atoms with van der Waals surface area (Å²) in [4.78, 5) is 24.9. The van der Waals surface area contributed by atoms with E-state index < -0.39 is 5.97 Å². The Labute approximate surface area is 113 Å². The molecule has 0 bridgehead atoms. The maximum atomic E-state index is 11.7. The van der Waals surface area contributed by atoms with Crippen molar-refractivity contribution in [3.05, 3.63) is 29.8 Å². The number of rotatable bonds is 6. The summed E-state index contributed by atoms with van der Waals surface area (Å²) >= 11 is 0. The van der Waals surface area contributed by atoms with Crippen molar-refractivity contribution in [2.75, 3.05) is 26.0 Å². The summed E-state index contributed by atoms with van der Waals surface area (Å²) in [6.07, 6.45) is -0.260. The lowest BCUT2D eigenvalue weighted by Gasteiger charge is -2.14. The number of anilines is 1. The third kappa shape index (κ3) is 5.52. The molecule has 0 saturated heterocycles. The van der Waals surface area contributed by atoms with Crippen LogP contribution in [-0.2, 0) is 20.9 Å². The Morgan fingerprint density at radius 3 is 2.58 bits per heavy atom. The highest BCUT2D eigenvalue weighted by Gasteiger charge is 2.12. The van der Waals surface area contributed by atoms with E-state index in [4.69, 9.17) is 4.74 Å². The first kappa shape index (κ1) is 15.2. The molecule has 0 aliphatic rings. The summed E-state index contributed by atoms with van der Waals surface area (Å²) in [5.74, 6) is -0.866. The van der Waals surface area contributed by atoms with E-state index in [1.165, 1.54) is 0 Å². The molecule has 1 rings (SSSR count). The number of esters is 1. The number of carbonyl (C=O) groups excluding carboxylic acids is 2. The third-order valence-electron chi connectivity index (χ3n) is 2.39. The molecule has 1 N–H and O–H groups in total. The van der Waals surface area contributed by atoms with Crippen LogP contribution < -0.4 is 5.32 Å². The zero-order valence-corrected chi connectivity index (χ0v) is 11.6. The SMILES string of the molecule is CCOC(=O)CC(=O)Nc1ccccc1CN(C)C. The predicted octanol–water partition coefficient (Wildman–Crippen LogP) is 1.64. The van der Waals surface area contributed by atoms with Gasteiger partial charge in [0, 0.05) is 12.2 Å². The molecule has 0 fully saturated rings. The number of ether oxygens (including phenoxy) is 1. The lowest BCUT2D eigenvalue weighted by molar-refractivity contribution is -0.145. The van der Waals surface area contributed by atoms with Crippen molar-refractivity contribution >= 4 is 17.6 Å². The number of amides is 1. The summed E-state index contributed by atoms with van der Waals surface area (Å²) in [6.45, 7) is 2.71. The molecule has 1 aromatic carbocycles. The first-order chi connectivity index (χ1) is 9.02. The van der Waals surface area contributed by atoms with Crippen LogP contribution in [0.15, 0.2) is 24.3 Å². The van der Waals surface area contributed by atoms with Gasteiger partial charge in [-0.3, -0.25) is 9.59 Å². The minimum absolute atomic E-state index is 0.260. The monoisotopic (exact) mass is 264 g/mol. The summed E-state index contributed by atoms with van der Waals surface area (Å²) in [6, 6.07) is 7.53. The molecule has 1 aromatic rings. The number of hydrogen-bond donors (Lipinski definition) is 1. The van der Waals surface area contributed by atoms with Crippen LogP contribution in [0, 0.1) is 0 Å². The van der Waals surface area contributed by atoms with Crippen LogP contribution in [0.5, 0.6) is 0 Å². The average molecular weight is 264 g/mol. The van der Waals surface area contributed by atoms with Crippen molar-refractivity contribution in [1.29, 1.82) is 0 Å². The highest BCUT2D eigenvalue weighted by atomic mass is 16.5. The molecule has 5 heteroatoms. The summed E-state index contributed by atoms with van der Waals surface area (Å²) in [5.41, 5.74) is 1.73. The summed E-state index contributed by atoms with van der Waals surface area (Å²) in [5, 5.41) is 2.74. The second-order valence-corrected chi connectivity index (χ2v) is 4.42. The average Bonchev–Trinajstić information content (AvgIpc) is 2.31. The fourth-order valence-corrected chi connectivity index (χ4v) is 1.66. The van der Waals surface area contributed by atoms with Crippen LogP contribution in [0.4, 0.5) is 5.69 Å². The topological polar surface area (TPSA) is 58.6 Å². The fraction of sp³-hybridized carbons (Fsp3) is 0.429. The van der Waals surface area contributed by atoms with E-state index in [1.54, 1.807) is 6.92 Å². The summed E-state index contributed by atoms with van der Waals surface area (Å²) in [7, 11) is 3.91. The molecule has 19 heavy (non-hydrogen) atoms. The fourth-order valence-electron chi connectivity index (χ4n) is 1.66. The lowest BCUT2D eigenvalue weighted by atomic mass is 10.1. The van der Waals surface area contributed by atoms with Gasteiger partial charge >= 0.3 is 5.97 Å². The minimum Gasteiger partial charge on any atom is -0.466 e. The molecule has 5 nitrogen and oxygen atoms in total. The number of carbonyl (C=O) groups is 2. The first-order valence-electron chi connectivity index (χ1n) is 6.21. The number of nitrogens with one attached hydrogen (secondary N) is 1. The maximum Gasteiger partial charge on any atom is 0.315 e. The third-order valence-corrected chi connectivity index (χ3v) is 2.39. The van der Waals surface area contributed by atoms with Crippen molar-refractivity contribution in [3.8, 4) is 0 Å². The van der Waals surface area contributed by atoms with Crippen LogP contribution in [0.3, 0.4) is 0 Å². The van der Waals surface area contributed by atoms with E-state index in [2.05, 4.69) is 5.32 Å². The first-order valence-corrected chi connectivity index (χ1v) is 6.21. The van der Waals surface area contributed by atoms with Crippen LogP contribution in [-0.4, -0.2) is 37.5 Å². The van der Waals surface area contributed by atoms with Crippen LogP contribution in [0.25, 0.3) is 0 Å². The van der Waals surface area contributed by atoms with E-state index in [0.717, 1.165) is 17.8 Å². The minimum atomic E-state index is -0.509. The predicted molar refractivity (Wildman–Crippen MR) is 73.7 cm³/mol. The van der Waals surface area contributed by atoms with Crippen LogP contribution in [0.1, 0.15) is 18.9 Å². The highest BCUT2D eigenvalue weighted by Crippen LogP contribution is 2.16. The second-order valence-electron chi connectivity index (χ2n) is 4.42. The second kappa shape index (κ2) is 7.53. The Balaban J connectivity index is 2.65. The zero-order valence-electron chi connectivity index (χ0n) is 11.6. The zero-order chi connectivity index (χ0) is 14.3. The molecule has 0 aliphatic heterocycles. The van der Waals surface area contributed by atoms with Gasteiger partial charge in [-0.2, -0.15) is 0 Å². The molecule has 0 aromatic heterocycles. The Kier molecular flexibility index (Phi) is 6.02. The van der Waals surface area contributed by atoms with Gasteiger partial charge in [0.2, 0.25) is 5.91 Å². The molecule has 0 heterocycles. The Morgan fingerprint density at radius 2 is 1.95 bits per heavy atom. The van der Waals surface area contributed by atoms with Gasteiger partial charge in [0.05, 0.1) is 6.61 Å². The van der Waals surface area contributed by atoms with Crippen LogP contribution in [0.2, 0.25) is 0 Å². The van der Waals surface area contributed by atoms with Gasteiger partial charge in [-0.05, 0) is 32.6 Å². The van der Waals surface area contributed by atoms with Gasteiger partial charge in [0.25, 0.3) is 0 Å². The molecule has 0 saturated carbocycles. The quantitative estimate of drug-likeness (QED) is 0.627. The molecule has 0 aliphatic carbocycles. The number of nitrogens with zero attached hydrogens (tertiary/aromatic N) is 1. The molecular weight excluding hydrogens is 244 g/mol. The van der Waals surface area contributed by atoms with Gasteiger partial charge in [0.1, 0.15) is 6.42 Å². The van der Waals surface area contributed by atoms with Crippen molar-refractivity contribution in [3.63, 3.8) is 0 Å². The molecule has 104 valence electrons. The molecule has 0 unspecified atom stereocenters. The molecule has 0 spiro atoms. The van der Waals surface area contributed by atoms with E-state index in [9.17, 15) is 9.59 Å². The van der Waals surface area contributed by atoms with E-state index in [1.807, 2.05) is 43.3 Å². The molecule has 0 atom stereocenters. The number of para-hydroxylation sites is 1. The maximum absolute atomic E-state index is 11.7. The smallest absolute Gasteiger partial charge is 0.315 e. The number of hydrogen-bond acceptors (Lipinski definition) is 4. The highest BCUT2D eigenvalue weighted by molar-refractivity contribution is 6.02. The van der Waals surface area contributed by atoms with Gasteiger partial charge in [-0.15, -0.1) is 0 Å². The Bertz CT molecular complexity index is 444. The van der Waals surface area contributed by atoms with Crippen molar-refractivity contribution in [2.24, 2.45) is 0 Å². The largest absolute Gasteiger partial charge is 0.466 e. The molecule has 0 radical (unpaired) electrons. The van der Waals surface area contributed by atoms with E-state index in [-0.39, 0.29) is 18.9 Å². The normalized spacial score (nSPS) is 10.3. The van der Waals surface area contributed by atoms with E-state index >= 15 is 0 Å². The molecule has 1 amide bonds. The van der Waals surface area contributed by atoms with E-state index in [0.29, 0.717) is 0 Å². The van der Waals surface area contributed by atoms with Crippen molar-refractivity contribution in [1.82, 2.24) is 4.90 Å². The number of benzene rings is 1. The Hall–Kier alpha value is -1.88. The van der Waals surface area contributed by atoms with Gasteiger partial charge < -0.3 is 15.0 Å². The lowest BCUT2D eigenvalue weighted by Crippen LogP contribution is -2.20.